The van der Waals surface area contributed by atoms with Gasteiger partial charge in [0.05, 0.1) is 0 Å². The third kappa shape index (κ3) is 3.70. The number of hydrogen-bond acceptors (Lipinski definition) is 7. The van der Waals surface area contributed by atoms with Gasteiger partial charge in [0, 0.05) is 20.0 Å². The summed E-state index contributed by atoms with van der Waals surface area (Å²) in [5, 5.41) is 0. The quantitative estimate of drug-likeness (QED) is 0.632. The number of alkyl halides is 1. The van der Waals surface area contributed by atoms with Crippen molar-refractivity contribution in [3.63, 3.8) is 0 Å². The smallest absolute Gasteiger partial charge is 0.328 e. The van der Waals surface area contributed by atoms with Gasteiger partial charge in [-0.25, -0.2) is 9.18 Å². The lowest BCUT2D eigenvalue weighted by atomic mass is 9.98. The van der Waals surface area contributed by atoms with E-state index in [1.54, 1.807) is 0 Å². The van der Waals surface area contributed by atoms with Crippen LogP contribution in [-0.2, 0) is 23.8 Å². The summed E-state index contributed by atoms with van der Waals surface area (Å²) in [7, 11) is 0. The second-order valence-electron chi connectivity index (χ2n) is 5.53. The molecule has 0 saturated carbocycles. The second-order valence-corrected chi connectivity index (χ2v) is 5.97. The van der Waals surface area contributed by atoms with E-state index in [1.807, 2.05) is 0 Å². The number of hydrogen-bond donors (Lipinski definition) is 1. The number of H-pyrrole nitrogens is 1. The number of esters is 2. The predicted octanol–water partition coefficient (Wildman–Crippen LogP) is 1.03. The maximum Gasteiger partial charge on any atom is 0.328 e. The molecule has 132 valence electrons. The molecule has 1 aromatic rings. The Morgan fingerprint density at radius 1 is 1.46 bits per heavy atom. The number of nitrogens with one attached hydrogen (secondary N) is 1. The highest BCUT2D eigenvalue weighted by molar-refractivity contribution is 7.71. The zero-order valence-corrected chi connectivity index (χ0v) is 14.1. The number of rotatable bonds is 4. The normalized spacial score (nSPS) is 29.2. The van der Waals surface area contributed by atoms with E-state index in [9.17, 15) is 14.4 Å². The van der Waals surface area contributed by atoms with Gasteiger partial charge in [-0.2, -0.15) is 0 Å². The third-order valence-corrected chi connectivity index (χ3v) is 3.77. The van der Waals surface area contributed by atoms with E-state index in [0.29, 0.717) is 0 Å². The fourth-order valence-corrected chi connectivity index (χ4v) is 2.67. The molecule has 8 nitrogen and oxygen atoms in total. The molecule has 1 aliphatic heterocycles. The largest absolute Gasteiger partial charge is 0.463 e. The lowest BCUT2D eigenvalue weighted by Crippen LogP contribution is -2.45. The molecule has 0 aliphatic carbocycles. The van der Waals surface area contributed by atoms with Crippen LogP contribution in [0.3, 0.4) is 0 Å². The highest BCUT2D eigenvalue weighted by Crippen LogP contribution is 2.42. The summed E-state index contributed by atoms with van der Waals surface area (Å²) in [6, 6.07) is 1.40. The Kier molecular flexibility index (Phi) is 5.19. The molecule has 0 aromatic carbocycles. The average Bonchev–Trinajstić information content (AvgIpc) is 2.68. The van der Waals surface area contributed by atoms with Crippen LogP contribution in [0.5, 0.6) is 0 Å². The van der Waals surface area contributed by atoms with Crippen LogP contribution >= 0.6 is 12.2 Å². The van der Waals surface area contributed by atoms with Crippen LogP contribution in [0, 0.1) is 4.64 Å². The van der Waals surface area contributed by atoms with Gasteiger partial charge in [-0.05, 0) is 13.0 Å². The molecule has 10 heteroatoms. The Morgan fingerprint density at radius 2 is 2.12 bits per heavy atom. The first-order chi connectivity index (χ1) is 11.1. The molecule has 1 N–H and O–H groups in total. The number of ether oxygens (including phenoxy) is 3. The monoisotopic (exact) mass is 360 g/mol. The molecular formula is C14H17FN2O6S. The summed E-state index contributed by atoms with van der Waals surface area (Å²) in [5.74, 6) is -1.31. The van der Waals surface area contributed by atoms with Gasteiger partial charge in [0.25, 0.3) is 0 Å². The van der Waals surface area contributed by atoms with Gasteiger partial charge in [0.15, 0.2) is 18.0 Å². The van der Waals surface area contributed by atoms with Gasteiger partial charge < -0.3 is 14.2 Å². The van der Waals surface area contributed by atoms with Crippen molar-refractivity contribution in [3.05, 3.63) is 27.4 Å². The van der Waals surface area contributed by atoms with Crippen LogP contribution in [0.1, 0.15) is 27.0 Å². The third-order valence-electron chi connectivity index (χ3n) is 3.53. The highest BCUT2D eigenvalue weighted by Gasteiger charge is 2.58. The number of carbonyl (C=O) groups is 2. The summed E-state index contributed by atoms with van der Waals surface area (Å²) in [4.78, 5) is 36.6. The lowest BCUT2D eigenvalue weighted by molar-refractivity contribution is -0.158. The second kappa shape index (κ2) is 6.81. The molecule has 2 rings (SSSR count). The fraction of sp³-hybridized carbons (Fsp3) is 0.571. The number of aromatic nitrogens is 2. The Bertz CT molecular complexity index is 758. The van der Waals surface area contributed by atoms with Crippen molar-refractivity contribution in [1.82, 2.24) is 9.55 Å². The van der Waals surface area contributed by atoms with Crippen LogP contribution in [0.25, 0.3) is 0 Å². The molecule has 2 heterocycles. The topological polar surface area (TPSA) is 99.6 Å². The molecule has 1 aliphatic rings. The standard InChI is InChI=1S/C14H17FN2O6S/c1-7(18)21-6-9-11(22-8(2)19)14(3,15)12(23-9)17-5-4-10(24)16-13(17)20/h4-5,9,11-12H,6H2,1-3H3,(H,16,20,24)/t9-,11?,12-,14?/m1/s1. The first-order valence-electron chi connectivity index (χ1n) is 7.09. The molecule has 1 aromatic heterocycles. The van der Waals surface area contributed by atoms with Crippen molar-refractivity contribution < 1.29 is 28.2 Å². The van der Waals surface area contributed by atoms with Crippen molar-refractivity contribution in [3.8, 4) is 0 Å². The molecule has 0 amide bonds. The molecule has 0 spiro atoms. The summed E-state index contributed by atoms with van der Waals surface area (Å²) in [6.45, 7) is 3.13. The summed E-state index contributed by atoms with van der Waals surface area (Å²) < 4.78 is 31.8. The Balaban J connectivity index is 2.38. The first-order valence-corrected chi connectivity index (χ1v) is 7.50. The molecule has 0 bridgehead atoms. The van der Waals surface area contributed by atoms with Gasteiger partial charge in [0.1, 0.15) is 17.4 Å². The van der Waals surface area contributed by atoms with Crippen LogP contribution in [-0.4, -0.2) is 46.0 Å². The predicted molar refractivity (Wildman–Crippen MR) is 81.5 cm³/mol. The van der Waals surface area contributed by atoms with Crippen LogP contribution < -0.4 is 5.69 Å². The van der Waals surface area contributed by atoms with Crippen molar-refractivity contribution in [2.45, 2.75) is 44.9 Å². The van der Waals surface area contributed by atoms with Gasteiger partial charge in [-0.1, -0.05) is 12.2 Å². The molecule has 0 radical (unpaired) electrons. The maximum atomic E-state index is 15.3. The van der Waals surface area contributed by atoms with Crippen molar-refractivity contribution >= 4 is 24.2 Å². The van der Waals surface area contributed by atoms with Gasteiger partial charge >= 0.3 is 17.6 Å². The van der Waals surface area contributed by atoms with Gasteiger partial charge in [0.2, 0.25) is 0 Å². The number of nitrogens with zero attached hydrogens (tertiary/aromatic N) is 1. The van der Waals surface area contributed by atoms with E-state index in [-0.39, 0.29) is 11.2 Å². The number of aromatic amines is 1. The highest BCUT2D eigenvalue weighted by atomic mass is 32.1. The van der Waals surface area contributed by atoms with Gasteiger partial charge in [-0.3, -0.25) is 19.1 Å². The van der Waals surface area contributed by atoms with E-state index >= 15 is 4.39 Å². The van der Waals surface area contributed by atoms with E-state index in [2.05, 4.69) is 4.98 Å². The van der Waals surface area contributed by atoms with E-state index in [0.717, 1.165) is 18.4 Å². The van der Waals surface area contributed by atoms with E-state index in [1.165, 1.54) is 19.2 Å². The summed E-state index contributed by atoms with van der Waals surface area (Å²) in [5.41, 5.74) is -2.91. The zero-order chi connectivity index (χ0) is 18.1. The Labute approximate surface area is 141 Å². The van der Waals surface area contributed by atoms with E-state index in [4.69, 9.17) is 26.4 Å². The van der Waals surface area contributed by atoms with Crippen molar-refractivity contribution in [2.24, 2.45) is 0 Å². The van der Waals surface area contributed by atoms with Crippen molar-refractivity contribution in [1.29, 1.82) is 0 Å². The number of halogens is 1. The van der Waals surface area contributed by atoms with Gasteiger partial charge in [-0.15, -0.1) is 0 Å². The van der Waals surface area contributed by atoms with Crippen LogP contribution in [0.15, 0.2) is 17.1 Å². The molecule has 24 heavy (non-hydrogen) atoms. The Hall–Kier alpha value is -2.07. The van der Waals surface area contributed by atoms with Crippen LogP contribution in [0.2, 0.25) is 0 Å². The molecule has 4 atom stereocenters. The SMILES string of the molecule is CC(=O)OC[C@H]1O[C@@H](n2ccc(=S)[nH]c2=O)C(C)(F)C1OC(C)=O. The first kappa shape index (κ1) is 18.3. The zero-order valence-electron chi connectivity index (χ0n) is 13.3. The minimum absolute atomic E-state index is 0.183. The summed E-state index contributed by atoms with van der Waals surface area (Å²) in [6.07, 6.45) is -2.52. The molecular weight excluding hydrogens is 343 g/mol. The minimum Gasteiger partial charge on any atom is -0.463 e. The molecule has 1 fully saturated rings. The van der Waals surface area contributed by atoms with E-state index < -0.39 is 41.7 Å². The lowest BCUT2D eigenvalue weighted by Gasteiger charge is -2.27. The average molecular weight is 360 g/mol. The van der Waals surface area contributed by atoms with Crippen LogP contribution in [0.4, 0.5) is 4.39 Å². The Morgan fingerprint density at radius 3 is 2.67 bits per heavy atom. The summed E-state index contributed by atoms with van der Waals surface area (Å²) >= 11 is 4.83. The molecule has 1 saturated heterocycles. The fourth-order valence-electron chi connectivity index (χ4n) is 2.52. The van der Waals surface area contributed by atoms with Crippen molar-refractivity contribution in [2.75, 3.05) is 6.61 Å². The molecule has 2 unspecified atom stereocenters. The minimum atomic E-state index is -2.24. The maximum absolute atomic E-state index is 15.3. The number of carbonyl (C=O) groups excluding carboxylic acids is 2.